The largest absolute Gasteiger partial charge is 0.312 e. The van der Waals surface area contributed by atoms with Gasteiger partial charge in [-0.15, -0.1) is 0 Å². The number of rotatable bonds is 5. The first-order valence-electron chi connectivity index (χ1n) is 5.93. The molecule has 0 saturated heterocycles. The van der Waals surface area contributed by atoms with Gasteiger partial charge >= 0.3 is 0 Å². The maximum Gasteiger partial charge on any atom is 0.0992 e. The summed E-state index contributed by atoms with van der Waals surface area (Å²) in [7, 11) is 0. The van der Waals surface area contributed by atoms with Crippen LogP contribution >= 0.6 is 11.6 Å². The molecule has 0 spiro atoms. The summed E-state index contributed by atoms with van der Waals surface area (Å²) in [5, 5.41) is 12.8. The van der Waals surface area contributed by atoms with Crippen molar-refractivity contribution in [2.24, 2.45) is 11.8 Å². The maximum absolute atomic E-state index is 8.74. The summed E-state index contributed by atoms with van der Waals surface area (Å²) in [6.45, 7) is 8.41. The van der Waals surface area contributed by atoms with Crippen molar-refractivity contribution in [2.45, 2.75) is 27.3 Å². The Bertz CT molecular complexity index is 407. The molecule has 1 atom stereocenters. The molecule has 0 saturated carbocycles. The molecule has 1 unspecified atom stereocenters. The zero-order chi connectivity index (χ0) is 12.8. The van der Waals surface area contributed by atoms with Crippen molar-refractivity contribution in [3.05, 3.63) is 34.3 Å². The first kappa shape index (κ1) is 14.0. The van der Waals surface area contributed by atoms with E-state index in [2.05, 4.69) is 32.2 Å². The molecule has 0 heterocycles. The van der Waals surface area contributed by atoms with Crippen LogP contribution in [0.3, 0.4) is 0 Å². The molecule has 1 rings (SSSR count). The molecule has 1 aromatic rings. The zero-order valence-corrected chi connectivity index (χ0v) is 11.4. The minimum absolute atomic E-state index is 0.606. The molecule has 0 aliphatic carbocycles. The van der Waals surface area contributed by atoms with Gasteiger partial charge in [0.05, 0.1) is 11.6 Å². The van der Waals surface area contributed by atoms with E-state index in [1.807, 2.05) is 6.07 Å². The van der Waals surface area contributed by atoms with Gasteiger partial charge in [-0.25, -0.2) is 0 Å². The van der Waals surface area contributed by atoms with Crippen molar-refractivity contribution in [3.63, 3.8) is 0 Å². The molecule has 0 bridgehead atoms. The lowest BCUT2D eigenvalue weighted by Gasteiger charge is -2.16. The lowest BCUT2D eigenvalue weighted by atomic mass is 9.98. The van der Waals surface area contributed by atoms with Crippen molar-refractivity contribution in [1.29, 1.82) is 5.26 Å². The number of hydrogen-bond acceptors (Lipinski definition) is 2. The van der Waals surface area contributed by atoms with Crippen molar-refractivity contribution in [1.82, 2.24) is 5.32 Å². The predicted molar refractivity (Wildman–Crippen MR) is 71.9 cm³/mol. The van der Waals surface area contributed by atoms with Crippen LogP contribution in [0, 0.1) is 23.2 Å². The summed E-state index contributed by atoms with van der Waals surface area (Å²) < 4.78 is 0. The summed E-state index contributed by atoms with van der Waals surface area (Å²) in [4.78, 5) is 0. The van der Waals surface area contributed by atoms with E-state index in [0.29, 0.717) is 22.4 Å². The Labute approximate surface area is 109 Å². The van der Waals surface area contributed by atoms with Crippen molar-refractivity contribution in [2.75, 3.05) is 6.54 Å². The number of benzene rings is 1. The van der Waals surface area contributed by atoms with Crippen LogP contribution in [0.2, 0.25) is 5.02 Å². The summed E-state index contributed by atoms with van der Waals surface area (Å²) in [5.74, 6) is 1.33. The van der Waals surface area contributed by atoms with Crippen LogP contribution in [-0.4, -0.2) is 6.54 Å². The molecule has 0 aromatic heterocycles. The van der Waals surface area contributed by atoms with Gasteiger partial charge in [-0.2, -0.15) is 5.26 Å². The van der Waals surface area contributed by atoms with Gasteiger partial charge in [0.15, 0.2) is 0 Å². The second-order valence-electron chi connectivity index (χ2n) is 4.77. The lowest BCUT2D eigenvalue weighted by molar-refractivity contribution is 0.392. The second kappa shape index (κ2) is 6.64. The number of hydrogen-bond donors (Lipinski definition) is 1. The Morgan fingerprint density at radius 2 is 2.06 bits per heavy atom. The molecule has 17 heavy (non-hydrogen) atoms. The molecule has 92 valence electrons. The molecule has 1 aromatic carbocycles. The van der Waals surface area contributed by atoms with Crippen molar-refractivity contribution in [3.8, 4) is 6.07 Å². The topological polar surface area (TPSA) is 35.8 Å². The van der Waals surface area contributed by atoms with Crippen LogP contribution in [0.1, 0.15) is 31.9 Å². The average molecular weight is 251 g/mol. The maximum atomic E-state index is 8.74. The molecule has 0 radical (unpaired) electrons. The van der Waals surface area contributed by atoms with Crippen molar-refractivity contribution >= 4 is 11.6 Å². The van der Waals surface area contributed by atoms with E-state index in [1.165, 1.54) is 0 Å². The lowest BCUT2D eigenvalue weighted by Crippen LogP contribution is -2.23. The smallest absolute Gasteiger partial charge is 0.0992 e. The van der Waals surface area contributed by atoms with E-state index in [0.717, 1.165) is 18.7 Å². The minimum atomic E-state index is 0.606. The molecule has 0 fully saturated rings. The highest BCUT2D eigenvalue weighted by molar-refractivity contribution is 6.31. The monoisotopic (exact) mass is 250 g/mol. The highest BCUT2D eigenvalue weighted by atomic mass is 35.5. The summed E-state index contributed by atoms with van der Waals surface area (Å²) >= 11 is 6.09. The van der Waals surface area contributed by atoms with Crippen molar-refractivity contribution < 1.29 is 0 Å². The Balaban J connectivity index is 2.50. The molecule has 1 N–H and O–H groups in total. The minimum Gasteiger partial charge on any atom is -0.312 e. The van der Waals surface area contributed by atoms with E-state index in [-0.39, 0.29) is 0 Å². The third-order valence-corrected chi connectivity index (χ3v) is 3.45. The quantitative estimate of drug-likeness (QED) is 0.867. The first-order valence-corrected chi connectivity index (χ1v) is 6.31. The fourth-order valence-electron chi connectivity index (χ4n) is 1.43. The van der Waals surface area contributed by atoms with Gasteiger partial charge in [-0.05, 0) is 36.1 Å². The molecular formula is C14H19ClN2. The number of nitriles is 1. The van der Waals surface area contributed by atoms with Crippen LogP contribution in [0.5, 0.6) is 0 Å². The highest BCUT2D eigenvalue weighted by Gasteiger charge is 2.07. The first-order chi connectivity index (χ1) is 8.04. The van der Waals surface area contributed by atoms with Gasteiger partial charge < -0.3 is 5.32 Å². The predicted octanol–water partition coefficient (Wildman–Crippen LogP) is 3.59. The van der Waals surface area contributed by atoms with Crippen LogP contribution < -0.4 is 5.32 Å². The van der Waals surface area contributed by atoms with Crippen LogP contribution in [0.4, 0.5) is 0 Å². The van der Waals surface area contributed by atoms with Crippen LogP contribution in [0.25, 0.3) is 0 Å². The molecule has 0 aliphatic rings. The number of nitrogens with zero attached hydrogens (tertiary/aromatic N) is 1. The van der Waals surface area contributed by atoms with Gasteiger partial charge in [0.2, 0.25) is 0 Å². The van der Waals surface area contributed by atoms with Gasteiger partial charge in [-0.3, -0.25) is 0 Å². The Morgan fingerprint density at radius 3 is 2.59 bits per heavy atom. The highest BCUT2D eigenvalue weighted by Crippen LogP contribution is 2.17. The molecule has 3 heteroatoms. The SMILES string of the molecule is CC(C)C(C)CNCc1ccc(C#N)cc1Cl. The fraction of sp³-hybridized carbons (Fsp3) is 0.500. The average Bonchev–Trinajstić information content (AvgIpc) is 2.30. The van der Waals surface area contributed by atoms with Crippen LogP contribution in [0.15, 0.2) is 18.2 Å². The molecular weight excluding hydrogens is 232 g/mol. The third kappa shape index (κ3) is 4.38. The Morgan fingerprint density at radius 1 is 1.35 bits per heavy atom. The summed E-state index contributed by atoms with van der Waals surface area (Å²) in [5.41, 5.74) is 1.65. The summed E-state index contributed by atoms with van der Waals surface area (Å²) in [6, 6.07) is 7.50. The third-order valence-electron chi connectivity index (χ3n) is 3.10. The Kier molecular flexibility index (Phi) is 5.47. The number of halogens is 1. The fourth-order valence-corrected chi connectivity index (χ4v) is 1.68. The van der Waals surface area contributed by atoms with Gasteiger partial charge in [0, 0.05) is 11.6 Å². The standard InChI is InChI=1S/C14H19ClN2/c1-10(2)11(3)8-17-9-13-5-4-12(7-16)6-14(13)15/h4-6,10-11,17H,8-9H2,1-3H3. The van der Waals surface area contributed by atoms with Gasteiger partial charge in [-0.1, -0.05) is 38.4 Å². The van der Waals surface area contributed by atoms with Gasteiger partial charge in [0.25, 0.3) is 0 Å². The zero-order valence-electron chi connectivity index (χ0n) is 10.6. The van der Waals surface area contributed by atoms with E-state index >= 15 is 0 Å². The van der Waals surface area contributed by atoms with E-state index in [9.17, 15) is 0 Å². The molecule has 2 nitrogen and oxygen atoms in total. The normalized spacial score (nSPS) is 12.5. The summed E-state index contributed by atoms with van der Waals surface area (Å²) in [6.07, 6.45) is 0. The van der Waals surface area contributed by atoms with E-state index < -0.39 is 0 Å². The second-order valence-corrected chi connectivity index (χ2v) is 5.18. The molecule has 0 aliphatic heterocycles. The van der Waals surface area contributed by atoms with E-state index in [4.69, 9.17) is 16.9 Å². The Hall–Kier alpha value is -1.04. The van der Waals surface area contributed by atoms with Gasteiger partial charge in [0.1, 0.15) is 0 Å². The van der Waals surface area contributed by atoms with Crippen LogP contribution in [-0.2, 0) is 6.54 Å². The number of nitrogens with one attached hydrogen (secondary N) is 1. The van der Waals surface area contributed by atoms with E-state index in [1.54, 1.807) is 12.1 Å². The molecule has 0 amide bonds.